The van der Waals surface area contributed by atoms with Crippen LogP contribution in [0.3, 0.4) is 0 Å². The minimum atomic E-state index is -1.59. The second-order valence-electron chi connectivity index (χ2n) is 8.19. The first kappa shape index (κ1) is 21.7. The number of thiazole rings is 1. The Labute approximate surface area is 183 Å². The van der Waals surface area contributed by atoms with Crippen LogP contribution in [0, 0.1) is 0 Å². The van der Waals surface area contributed by atoms with Crippen molar-refractivity contribution in [3.8, 4) is 10.6 Å². The van der Waals surface area contributed by atoms with Crippen LogP contribution in [0.5, 0.6) is 0 Å². The number of nitrogens with one attached hydrogen (secondary N) is 2. The molecule has 166 valence electrons. The first-order valence-electron chi connectivity index (χ1n) is 10.2. The molecular weight excluding hydrogens is 421 g/mol. The van der Waals surface area contributed by atoms with Gasteiger partial charge in [-0.25, -0.2) is 13.9 Å². The van der Waals surface area contributed by atoms with E-state index in [2.05, 4.69) is 20.7 Å². The molecule has 0 spiro atoms. The van der Waals surface area contributed by atoms with Gasteiger partial charge < -0.3 is 20.5 Å². The Balaban J connectivity index is 1.67. The lowest BCUT2D eigenvalue weighted by Crippen LogP contribution is -2.42. The van der Waals surface area contributed by atoms with Gasteiger partial charge in [0.05, 0.1) is 35.1 Å². The van der Waals surface area contributed by atoms with Crippen molar-refractivity contribution in [2.24, 2.45) is 0 Å². The van der Waals surface area contributed by atoms with Crippen LogP contribution in [-0.2, 0) is 4.74 Å². The van der Waals surface area contributed by atoms with Crippen molar-refractivity contribution in [2.45, 2.75) is 44.5 Å². The molecule has 3 aromatic heterocycles. The van der Waals surface area contributed by atoms with Crippen LogP contribution in [0.2, 0.25) is 0 Å². The van der Waals surface area contributed by atoms with Crippen LogP contribution in [0.15, 0.2) is 30.0 Å². The molecule has 1 amide bonds. The van der Waals surface area contributed by atoms with E-state index in [0.29, 0.717) is 24.5 Å². The predicted octanol–water partition coefficient (Wildman–Crippen LogP) is 2.89. The molecule has 1 atom stereocenters. The zero-order valence-electron chi connectivity index (χ0n) is 17.5. The van der Waals surface area contributed by atoms with Gasteiger partial charge in [-0.2, -0.15) is 5.10 Å². The van der Waals surface area contributed by atoms with Gasteiger partial charge in [0, 0.05) is 42.6 Å². The Morgan fingerprint density at radius 3 is 2.90 bits per heavy atom. The second-order valence-corrected chi connectivity index (χ2v) is 9.09. The molecule has 1 aliphatic rings. The zero-order chi connectivity index (χ0) is 22.0. The molecule has 0 aromatic carbocycles. The number of aliphatic hydroxyl groups is 1. The summed E-state index contributed by atoms with van der Waals surface area (Å²) in [7, 11) is 0. The predicted molar refractivity (Wildman–Crippen MR) is 117 cm³/mol. The normalized spacial score (nSPS) is 16.4. The second kappa shape index (κ2) is 8.89. The Morgan fingerprint density at radius 2 is 2.23 bits per heavy atom. The number of hydrogen-bond donors (Lipinski definition) is 3. The first-order chi connectivity index (χ1) is 14.8. The standard InChI is InChI=1S/C21H26FN5O3S/c1-21(2,29)17(22)11-24-19(28)15-10-25-27-12-13(20-23-5-8-31-20)9-16(27)18(15)26-14-3-6-30-7-4-14/h5,8-10,12,14,17,26,29H,3-4,6-7,11H2,1-2H3,(H,24,28)/t17-/m1/s1. The first-order valence-corrected chi connectivity index (χ1v) is 11.1. The van der Waals surface area contributed by atoms with Crippen LogP contribution in [0.1, 0.15) is 37.0 Å². The van der Waals surface area contributed by atoms with E-state index in [9.17, 15) is 14.3 Å². The highest BCUT2D eigenvalue weighted by Crippen LogP contribution is 2.30. The average molecular weight is 448 g/mol. The van der Waals surface area contributed by atoms with Gasteiger partial charge in [0.2, 0.25) is 0 Å². The molecule has 8 nitrogen and oxygen atoms in total. The van der Waals surface area contributed by atoms with Gasteiger partial charge in [-0.05, 0) is 32.8 Å². The quantitative estimate of drug-likeness (QED) is 0.515. The minimum absolute atomic E-state index is 0.148. The molecule has 1 saturated heterocycles. The van der Waals surface area contributed by atoms with Crippen LogP contribution < -0.4 is 10.6 Å². The molecule has 31 heavy (non-hydrogen) atoms. The number of nitrogens with zero attached hydrogens (tertiary/aromatic N) is 3. The number of carbonyl (C=O) groups excluding carboxylic acids is 1. The summed E-state index contributed by atoms with van der Waals surface area (Å²) in [6.45, 7) is 3.75. The Morgan fingerprint density at radius 1 is 1.45 bits per heavy atom. The van der Waals surface area contributed by atoms with E-state index in [1.165, 1.54) is 31.4 Å². The number of fused-ring (bicyclic) bond motifs is 1. The highest BCUT2D eigenvalue weighted by Gasteiger charge is 2.28. The molecule has 1 fully saturated rings. The number of rotatable bonds is 7. The number of amides is 1. The Hall–Kier alpha value is -2.56. The number of halogens is 1. The summed E-state index contributed by atoms with van der Waals surface area (Å²) in [5, 5.41) is 23.0. The lowest BCUT2D eigenvalue weighted by atomic mass is 10.0. The summed E-state index contributed by atoms with van der Waals surface area (Å²) >= 11 is 1.52. The maximum atomic E-state index is 14.2. The number of ether oxygens (including phenoxy) is 1. The number of carbonyl (C=O) groups is 1. The monoisotopic (exact) mass is 447 g/mol. The number of alkyl halides is 1. The fourth-order valence-electron chi connectivity index (χ4n) is 3.44. The number of hydrogen-bond acceptors (Lipinski definition) is 7. The van der Waals surface area contributed by atoms with E-state index in [-0.39, 0.29) is 12.6 Å². The van der Waals surface area contributed by atoms with Crippen LogP contribution in [-0.4, -0.2) is 63.2 Å². The molecule has 0 radical (unpaired) electrons. The van der Waals surface area contributed by atoms with E-state index in [0.717, 1.165) is 28.9 Å². The molecule has 3 aromatic rings. The molecule has 0 saturated carbocycles. The van der Waals surface area contributed by atoms with Crippen molar-refractivity contribution < 1.29 is 19.0 Å². The van der Waals surface area contributed by atoms with Gasteiger partial charge in [0.15, 0.2) is 0 Å². The van der Waals surface area contributed by atoms with Crippen molar-refractivity contribution >= 4 is 28.4 Å². The van der Waals surface area contributed by atoms with Crippen molar-refractivity contribution in [2.75, 3.05) is 25.1 Å². The topological polar surface area (TPSA) is 101 Å². The lowest BCUT2D eigenvalue weighted by Gasteiger charge is -2.26. The van der Waals surface area contributed by atoms with Gasteiger partial charge in [-0.15, -0.1) is 11.3 Å². The highest BCUT2D eigenvalue weighted by atomic mass is 32.1. The van der Waals surface area contributed by atoms with Crippen molar-refractivity contribution in [3.05, 3.63) is 35.6 Å². The summed E-state index contributed by atoms with van der Waals surface area (Å²) in [4.78, 5) is 17.3. The van der Waals surface area contributed by atoms with E-state index >= 15 is 0 Å². The lowest BCUT2D eigenvalue weighted by molar-refractivity contribution is -0.00177. The minimum Gasteiger partial charge on any atom is -0.387 e. The molecule has 4 rings (SSSR count). The molecule has 1 aliphatic heterocycles. The van der Waals surface area contributed by atoms with Gasteiger partial charge in [0.25, 0.3) is 5.91 Å². The third kappa shape index (κ3) is 4.86. The molecule has 10 heteroatoms. The fraction of sp³-hybridized carbons (Fsp3) is 0.476. The molecular formula is C21H26FN5O3S. The van der Waals surface area contributed by atoms with Crippen LogP contribution in [0.4, 0.5) is 10.1 Å². The average Bonchev–Trinajstić information content (AvgIpc) is 3.41. The molecule has 4 heterocycles. The van der Waals surface area contributed by atoms with Gasteiger partial charge in [-0.3, -0.25) is 4.79 Å². The van der Waals surface area contributed by atoms with Gasteiger partial charge >= 0.3 is 0 Å². The smallest absolute Gasteiger partial charge is 0.255 e. The van der Waals surface area contributed by atoms with Crippen molar-refractivity contribution in [1.29, 1.82) is 0 Å². The maximum Gasteiger partial charge on any atom is 0.255 e. The molecule has 3 N–H and O–H groups in total. The van der Waals surface area contributed by atoms with E-state index in [4.69, 9.17) is 4.74 Å². The summed E-state index contributed by atoms with van der Waals surface area (Å²) in [5.74, 6) is -0.451. The van der Waals surface area contributed by atoms with E-state index in [1.54, 1.807) is 10.7 Å². The van der Waals surface area contributed by atoms with Gasteiger partial charge in [-0.1, -0.05) is 0 Å². The number of aromatic nitrogens is 3. The van der Waals surface area contributed by atoms with Crippen molar-refractivity contribution in [3.63, 3.8) is 0 Å². The fourth-order valence-corrected chi connectivity index (χ4v) is 4.06. The maximum absolute atomic E-state index is 14.2. The zero-order valence-corrected chi connectivity index (χ0v) is 18.3. The third-order valence-electron chi connectivity index (χ3n) is 5.34. The van der Waals surface area contributed by atoms with Gasteiger partial charge in [0.1, 0.15) is 11.2 Å². The Kier molecular flexibility index (Phi) is 6.22. The van der Waals surface area contributed by atoms with Crippen LogP contribution in [0.25, 0.3) is 16.1 Å². The number of anilines is 1. The molecule has 0 unspecified atom stereocenters. The summed E-state index contributed by atoms with van der Waals surface area (Å²) < 4.78 is 21.3. The highest BCUT2D eigenvalue weighted by molar-refractivity contribution is 7.13. The van der Waals surface area contributed by atoms with Crippen molar-refractivity contribution in [1.82, 2.24) is 19.9 Å². The SMILES string of the molecule is CC(C)(O)[C@H](F)CNC(=O)c1cnn2cc(-c3nccs3)cc2c1NC1CCOCC1. The van der Waals surface area contributed by atoms with Crippen LogP contribution >= 0.6 is 11.3 Å². The molecule has 0 bridgehead atoms. The largest absolute Gasteiger partial charge is 0.387 e. The summed E-state index contributed by atoms with van der Waals surface area (Å²) in [6.07, 6.45) is 5.14. The van der Waals surface area contributed by atoms with E-state index in [1.807, 2.05) is 17.6 Å². The molecule has 0 aliphatic carbocycles. The Bertz CT molecular complexity index is 1040. The third-order valence-corrected chi connectivity index (χ3v) is 6.16. The summed E-state index contributed by atoms with van der Waals surface area (Å²) in [6, 6.07) is 2.09. The van der Waals surface area contributed by atoms with E-state index < -0.39 is 17.7 Å². The summed E-state index contributed by atoms with van der Waals surface area (Å²) in [5.41, 5.74) is 1.07.